The summed E-state index contributed by atoms with van der Waals surface area (Å²) in [7, 11) is -3.63. The van der Waals surface area contributed by atoms with E-state index in [1.54, 1.807) is 30.6 Å². The summed E-state index contributed by atoms with van der Waals surface area (Å²) < 4.78 is 28.2. The molecule has 0 atom stereocenters. The second-order valence-electron chi connectivity index (χ2n) is 6.62. The van der Waals surface area contributed by atoms with Crippen LogP contribution in [0, 0.1) is 6.92 Å². The first kappa shape index (κ1) is 19.3. The molecule has 3 rings (SSSR count). The molecule has 2 aromatic carbocycles. The maximum Gasteiger partial charge on any atom is 0.243 e. The number of hydrogen-bond donors (Lipinski definition) is 0. The van der Waals surface area contributed by atoms with Crippen LogP contribution in [-0.2, 0) is 29.5 Å². The van der Waals surface area contributed by atoms with Crippen LogP contribution < -0.4 is 0 Å². The molecule has 0 amide bonds. The van der Waals surface area contributed by atoms with Crippen LogP contribution in [0.5, 0.6) is 0 Å². The van der Waals surface area contributed by atoms with Gasteiger partial charge < -0.3 is 0 Å². The van der Waals surface area contributed by atoms with Gasteiger partial charge in [-0.3, -0.25) is 4.98 Å². The molecule has 0 saturated carbocycles. The summed E-state index contributed by atoms with van der Waals surface area (Å²) in [4.78, 5) is 4.43. The summed E-state index contributed by atoms with van der Waals surface area (Å²) in [5.41, 5.74) is 3.98. The van der Waals surface area contributed by atoms with Crippen molar-refractivity contribution < 1.29 is 8.42 Å². The van der Waals surface area contributed by atoms with E-state index < -0.39 is 10.0 Å². The molecule has 27 heavy (non-hydrogen) atoms. The molecule has 0 aliphatic rings. The van der Waals surface area contributed by atoms with Gasteiger partial charge in [-0.15, -0.1) is 0 Å². The van der Waals surface area contributed by atoms with E-state index in [0.29, 0.717) is 11.4 Å². The molecule has 0 spiro atoms. The first-order chi connectivity index (χ1) is 13.0. The van der Waals surface area contributed by atoms with E-state index in [1.165, 1.54) is 9.87 Å². The van der Waals surface area contributed by atoms with Crippen LogP contribution in [0.15, 0.2) is 78.0 Å². The summed E-state index contributed by atoms with van der Waals surface area (Å²) in [5.74, 6) is 0. The van der Waals surface area contributed by atoms with Crippen molar-refractivity contribution in [2.75, 3.05) is 0 Å². The molecule has 0 bridgehead atoms. The Morgan fingerprint density at radius 1 is 0.889 bits per heavy atom. The van der Waals surface area contributed by atoms with Gasteiger partial charge in [0.05, 0.1) is 4.90 Å². The van der Waals surface area contributed by atoms with E-state index in [1.807, 2.05) is 37.3 Å². The molecule has 1 aromatic heterocycles. The Kier molecular flexibility index (Phi) is 6.04. The minimum absolute atomic E-state index is 0.277. The molecule has 0 fully saturated rings. The van der Waals surface area contributed by atoms with Crippen LogP contribution in [0.4, 0.5) is 0 Å². The smallest absolute Gasteiger partial charge is 0.243 e. The van der Waals surface area contributed by atoms with Gasteiger partial charge in [-0.25, -0.2) is 8.42 Å². The summed E-state index contributed by atoms with van der Waals surface area (Å²) in [5, 5.41) is 0. The van der Waals surface area contributed by atoms with Crippen LogP contribution in [0.1, 0.15) is 29.2 Å². The molecule has 140 valence electrons. The van der Waals surface area contributed by atoms with Crippen LogP contribution in [0.2, 0.25) is 0 Å². The van der Waals surface area contributed by atoms with Crippen molar-refractivity contribution in [1.29, 1.82) is 0 Å². The van der Waals surface area contributed by atoms with E-state index in [9.17, 15) is 8.42 Å². The van der Waals surface area contributed by atoms with E-state index in [-0.39, 0.29) is 6.54 Å². The van der Waals surface area contributed by atoms with E-state index in [2.05, 4.69) is 24.0 Å². The molecule has 0 aliphatic carbocycles. The second kappa shape index (κ2) is 8.46. The fourth-order valence-corrected chi connectivity index (χ4v) is 4.45. The van der Waals surface area contributed by atoms with Crippen molar-refractivity contribution >= 4 is 10.0 Å². The average Bonchev–Trinajstić information content (AvgIpc) is 2.69. The summed E-state index contributed by atoms with van der Waals surface area (Å²) in [6.45, 7) is 4.59. The zero-order valence-electron chi connectivity index (χ0n) is 15.7. The molecule has 0 radical (unpaired) electrons. The molecule has 0 aliphatic heterocycles. The second-order valence-corrected chi connectivity index (χ2v) is 8.56. The minimum Gasteiger partial charge on any atom is -0.264 e. The molecular weight excluding hydrogens is 356 g/mol. The summed E-state index contributed by atoms with van der Waals surface area (Å²) >= 11 is 0. The van der Waals surface area contributed by atoms with Crippen molar-refractivity contribution in [3.63, 3.8) is 0 Å². The average molecular weight is 381 g/mol. The van der Waals surface area contributed by atoms with Gasteiger partial charge in [0.2, 0.25) is 10.0 Å². The highest BCUT2D eigenvalue weighted by molar-refractivity contribution is 7.89. The lowest BCUT2D eigenvalue weighted by molar-refractivity contribution is 0.400. The first-order valence-electron chi connectivity index (χ1n) is 9.02. The van der Waals surface area contributed by atoms with Crippen LogP contribution in [0.3, 0.4) is 0 Å². The fourth-order valence-electron chi connectivity index (χ4n) is 2.93. The first-order valence-corrected chi connectivity index (χ1v) is 10.5. The van der Waals surface area contributed by atoms with Crippen molar-refractivity contribution in [2.24, 2.45) is 0 Å². The van der Waals surface area contributed by atoms with E-state index in [4.69, 9.17) is 0 Å². The minimum atomic E-state index is -3.63. The van der Waals surface area contributed by atoms with Crippen molar-refractivity contribution in [3.8, 4) is 0 Å². The Labute approximate surface area is 161 Å². The van der Waals surface area contributed by atoms with Gasteiger partial charge in [0.15, 0.2) is 0 Å². The lowest BCUT2D eigenvalue weighted by atomic mass is 10.1. The van der Waals surface area contributed by atoms with E-state index >= 15 is 0 Å². The highest BCUT2D eigenvalue weighted by atomic mass is 32.2. The topological polar surface area (TPSA) is 50.3 Å². The number of aromatic nitrogens is 1. The van der Waals surface area contributed by atoms with Gasteiger partial charge in [-0.2, -0.15) is 4.31 Å². The number of rotatable bonds is 7. The standard InChI is InChI=1S/C22H24N2O2S/c1-3-19-9-11-20(12-10-19)16-24(17-21-7-5-13-23-15-21)27(25,26)22-8-4-6-18(2)14-22/h4-15H,3,16-17H2,1-2H3. The Bertz CT molecular complexity index is 984. The Balaban J connectivity index is 1.95. The van der Waals surface area contributed by atoms with Crippen molar-refractivity contribution in [1.82, 2.24) is 9.29 Å². The quantitative estimate of drug-likeness (QED) is 0.612. The lowest BCUT2D eigenvalue weighted by Crippen LogP contribution is -2.30. The van der Waals surface area contributed by atoms with Crippen molar-refractivity contribution in [2.45, 2.75) is 38.3 Å². The Morgan fingerprint density at radius 2 is 1.59 bits per heavy atom. The molecule has 0 unspecified atom stereocenters. The molecule has 1 heterocycles. The highest BCUT2D eigenvalue weighted by Crippen LogP contribution is 2.22. The number of benzene rings is 2. The zero-order chi connectivity index (χ0) is 19.3. The maximum atomic E-state index is 13.3. The molecular formula is C22H24N2O2S. The van der Waals surface area contributed by atoms with Gasteiger partial charge in [0.1, 0.15) is 0 Å². The molecule has 5 heteroatoms. The van der Waals surface area contributed by atoms with Gasteiger partial charge in [0.25, 0.3) is 0 Å². The van der Waals surface area contributed by atoms with Gasteiger partial charge in [0, 0.05) is 25.5 Å². The maximum absolute atomic E-state index is 13.3. The predicted octanol–water partition coefficient (Wildman–Crippen LogP) is 4.34. The highest BCUT2D eigenvalue weighted by Gasteiger charge is 2.25. The van der Waals surface area contributed by atoms with Gasteiger partial charge in [-0.1, -0.05) is 49.4 Å². The summed E-state index contributed by atoms with van der Waals surface area (Å²) in [6.07, 6.45) is 4.35. The lowest BCUT2D eigenvalue weighted by Gasteiger charge is -2.23. The third-order valence-electron chi connectivity index (χ3n) is 4.50. The number of nitrogens with zero attached hydrogens (tertiary/aromatic N) is 2. The summed E-state index contributed by atoms with van der Waals surface area (Å²) in [6, 6.07) is 18.9. The third-order valence-corrected chi connectivity index (χ3v) is 6.29. The number of sulfonamides is 1. The van der Waals surface area contributed by atoms with Gasteiger partial charge >= 0.3 is 0 Å². The molecule has 3 aromatic rings. The Morgan fingerprint density at radius 3 is 2.22 bits per heavy atom. The monoisotopic (exact) mass is 380 g/mol. The number of hydrogen-bond acceptors (Lipinski definition) is 3. The fraction of sp³-hybridized carbons (Fsp3) is 0.227. The predicted molar refractivity (Wildman–Crippen MR) is 108 cm³/mol. The number of aryl methyl sites for hydroxylation is 2. The van der Waals surface area contributed by atoms with Crippen LogP contribution in [-0.4, -0.2) is 17.7 Å². The largest absolute Gasteiger partial charge is 0.264 e. The van der Waals surface area contributed by atoms with Crippen LogP contribution in [0.25, 0.3) is 0 Å². The van der Waals surface area contributed by atoms with Crippen LogP contribution >= 0.6 is 0 Å². The molecule has 0 N–H and O–H groups in total. The zero-order valence-corrected chi connectivity index (χ0v) is 16.5. The molecule has 0 saturated heterocycles. The molecule has 4 nitrogen and oxygen atoms in total. The van der Waals surface area contributed by atoms with Gasteiger partial charge in [-0.05, 0) is 53.8 Å². The van der Waals surface area contributed by atoms with Crippen molar-refractivity contribution in [3.05, 3.63) is 95.3 Å². The SMILES string of the molecule is CCc1ccc(CN(Cc2cccnc2)S(=O)(=O)c2cccc(C)c2)cc1. The normalized spacial score (nSPS) is 11.7. The van der Waals surface area contributed by atoms with E-state index in [0.717, 1.165) is 23.1 Å². The number of pyridine rings is 1. The Hall–Kier alpha value is -2.50. The third kappa shape index (κ3) is 4.81.